The second-order valence-electron chi connectivity index (χ2n) is 8.93. The molecule has 0 amide bonds. The van der Waals surface area contributed by atoms with Gasteiger partial charge >= 0.3 is 6.18 Å². The van der Waals surface area contributed by atoms with Gasteiger partial charge < -0.3 is 9.47 Å². The first-order valence-corrected chi connectivity index (χ1v) is 11.5. The molecule has 3 aromatic heterocycles. The molecular formula is C25H20F5N5O2. The Balaban J connectivity index is 1.27. The molecule has 4 heterocycles. The number of hydrogen-bond donors (Lipinski definition) is 0. The fourth-order valence-corrected chi connectivity index (χ4v) is 4.68. The van der Waals surface area contributed by atoms with E-state index in [-0.39, 0.29) is 29.4 Å². The van der Waals surface area contributed by atoms with E-state index in [4.69, 9.17) is 0 Å². The number of non-ortho nitro benzene ring substituents is 1. The molecule has 0 bridgehead atoms. The second-order valence-corrected chi connectivity index (χ2v) is 8.93. The molecule has 0 aliphatic carbocycles. The zero-order valence-electron chi connectivity index (χ0n) is 19.3. The lowest BCUT2D eigenvalue weighted by Gasteiger charge is -2.33. The minimum Gasteiger partial charge on any atom is -0.357 e. The summed E-state index contributed by atoms with van der Waals surface area (Å²) in [7, 11) is 0. The third kappa shape index (κ3) is 4.95. The number of nitro groups is 1. The molecule has 1 aromatic carbocycles. The highest BCUT2D eigenvalue weighted by Crippen LogP contribution is 2.33. The first-order valence-electron chi connectivity index (χ1n) is 11.5. The average Bonchev–Trinajstić information content (AvgIpc) is 3.28. The number of nitrogens with zero attached hydrogens (tertiary/aromatic N) is 5. The van der Waals surface area contributed by atoms with E-state index in [0.717, 1.165) is 18.3 Å². The third-order valence-electron chi connectivity index (χ3n) is 6.63. The summed E-state index contributed by atoms with van der Waals surface area (Å²) in [6, 6.07) is 7.38. The number of piperidine rings is 1. The summed E-state index contributed by atoms with van der Waals surface area (Å²) in [6.45, 7) is 1.04. The fourth-order valence-electron chi connectivity index (χ4n) is 4.68. The van der Waals surface area contributed by atoms with Crippen molar-refractivity contribution < 1.29 is 26.9 Å². The fraction of sp³-hybridized carbons (Fsp3) is 0.280. The molecule has 192 valence electrons. The summed E-state index contributed by atoms with van der Waals surface area (Å²) in [5.74, 6) is -0.844. The number of aromatic nitrogens is 3. The van der Waals surface area contributed by atoms with Gasteiger partial charge in [0.05, 0.1) is 34.3 Å². The van der Waals surface area contributed by atoms with Crippen LogP contribution in [0, 0.1) is 21.7 Å². The summed E-state index contributed by atoms with van der Waals surface area (Å²) < 4.78 is 69.3. The van der Waals surface area contributed by atoms with Gasteiger partial charge in [-0.2, -0.15) is 13.2 Å². The van der Waals surface area contributed by atoms with Gasteiger partial charge in [-0.3, -0.25) is 15.1 Å². The quantitative estimate of drug-likeness (QED) is 0.183. The Morgan fingerprint density at radius 2 is 1.76 bits per heavy atom. The zero-order valence-corrected chi connectivity index (χ0v) is 19.3. The lowest BCUT2D eigenvalue weighted by molar-refractivity contribution is -0.384. The summed E-state index contributed by atoms with van der Waals surface area (Å²) in [5, 5.41) is 11.3. The van der Waals surface area contributed by atoms with Crippen LogP contribution in [0.15, 0.2) is 55.0 Å². The van der Waals surface area contributed by atoms with Gasteiger partial charge in [0.25, 0.3) is 5.69 Å². The van der Waals surface area contributed by atoms with Gasteiger partial charge in [0.15, 0.2) is 5.82 Å². The van der Waals surface area contributed by atoms with Crippen LogP contribution >= 0.6 is 0 Å². The molecule has 1 aliphatic heterocycles. The number of halogens is 5. The Kier molecular flexibility index (Phi) is 6.26. The van der Waals surface area contributed by atoms with Crippen molar-refractivity contribution in [1.82, 2.24) is 14.5 Å². The number of nitro benzene ring substituents is 1. The first kappa shape index (κ1) is 24.6. The Bertz CT molecular complexity index is 1460. The zero-order chi connectivity index (χ0) is 26.3. The lowest BCUT2D eigenvalue weighted by atomic mass is 9.90. The van der Waals surface area contributed by atoms with E-state index in [1.807, 2.05) is 4.90 Å². The molecule has 0 unspecified atom stereocenters. The van der Waals surface area contributed by atoms with Crippen molar-refractivity contribution in [3.63, 3.8) is 0 Å². The SMILES string of the molecule is O=[N+]([O-])c1cc(F)c2c(ccn2Cc2ncc(C3CCN(c4ccc(C(F)(F)F)cn4)CC3)cc2F)c1. The van der Waals surface area contributed by atoms with Crippen molar-refractivity contribution in [2.45, 2.75) is 31.5 Å². The van der Waals surface area contributed by atoms with Gasteiger partial charge in [0.2, 0.25) is 0 Å². The van der Waals surface area contributed by atoms with E-state index in [9.17, 15) is 32.1 Å². The number of rotatable bonds is 5. The van der Waals surface area contributed by atoms with Crippen LogP contribution in [0.5, 0.6) is 0 Å². The van der Waals surface area contributed by atoms with Crippen molar-refractivity contribution in [1.29, 1.82) is 0 Å². The molecule has 0 atom stereocenters. The van der Waals surface area contributed by atoms with Crippen LogP contribution in [0.3, 0.4) is 0 Å². The highest BCUT2D eigenvalue weighted by molar-refractivity contribution is 5.83. The van der Waals surface area contributed by atoms with Crippen LogP contribution < -0.4 is 4.90 Å². The maximum Gasteiger partial charge on any atom is 0.417 e. The average molecular weight is 517 g/mol. The Labute approximate surface area is 207 Å². The minimum atomic E-state index is -4.44. The van der Waals surface area contributed by atoms with Crippen molar-refractivity contribution in [3.05, 3.63) is 93.6 Å². The molecule has 0 radical (unpaired) electrons. The number of benzene rings is 1. The van der Waals surface area contributed by atoms with E-state index in [0.29, 0.717) is 42.7 Å². The van der Waals surface area contributed by atoms with Crippen LogP contribution in [0.25, 0.3) is 10.9 Å². The maximum absolute atomic E-state index is 15.0. The van der Waals surface area contributed by atoms with Crippen molar-refractivity contribution in [3.8, 4) is 0 Å². The predicted molar refractivity (Wildman–Crippen MR) is 125 cm³/mol. The summed E-state index contributed by atoms with van der Waals surface area (Å²) in [4.78, 5) is 20.4. The molecule has 0 N–H and O–H groups in total. The monoisotopic (exact) mass is 517 g/mol. The van der Waals surface area contributed by atoms with E-state index in [1.165, 1.54) is 35.0 Å². The predicted octanol–water partition coefficient (Wildman–Crippen LogP) is 6.07. The highest BCUT2D eigenvalue weighted by Gasteiger charge is 2.31. The van der Waals surface area contributed by atoms with E-state index in [2.05, 4.69) is 9.97 Å². The van der Waals surface area contributed by atoms with E-state index >= 15 is 0 Å². The van der Waals surface area contributed by atoms with Crippen LogP contribution in [-0.4, -0.2) is 32.5 Å². The van der Waals surface area contributed by atoms with Gasteiger partial charge in [0.1, 0.15) is 11.6 Å². The Morgan fingerprint density at radius 3 is 2.38 bits per heavy atom. The van der Waals surface area contributed by atoms with Gasteiger partial charge in [-0.1, -0.05) is 0 Å². The van der Waals surface area contributed by atoms with E-state index in [1.54, 1.807) is 6.20 Å². The van der Waals surface area contributed by atoms with Gasteiger partial charge in [0, 0.05) is 43.1 Å². The second kappa shape index (κ2) is 9.41. The molecule has 0 saturated carbocycles. The van der Waals surface area contributed by atoms with Crippen LogP contribution in [0.2, 0.25) is 0 Å². The number of pyridine rings is 2. The van der Waals surface area contributed by atoms with Gasteiger partial charge in [-0.15, -0.1) is 0 Å². The number of alkyl halides is 3. The van der Waals surface area contributed by atoms with Gasteiger partial charge in [-0.25, -0.2) is 13.8 Å². The molecule has 1 saturated heterocycles. The van der Waals surface area contributed by atoms with Crippen molar-refractivity contribution in [2.24, 2.45) is 0 Å². The van der Waals surface area contributed by atoms with Crippen molar-refractivity contribution >= 4 is 22.4 Å². The number of fused-ring (bicyclic) bond motifs is 1. The molecule has 4 aromatic rings. The molecule has 5 rings (SSSR count). The Hall–Kier alpha value is -4.09. The van der Waals surface area contributed by atoms with Crippen molar-refractivity contribution in [2.75, 3.05) is 18.0 Å². The molecule has 7 nitrogen and oxygen atoms in total. The lowest BCUT2D eigenvalue weighted by Crippen LogP contribution is -2.33. The molecule has 1 fully saturated rings. The normalized spacial score (nSPS) is 14.9. The third-order valence-corrected chi connectivity index (χ3v) is 6.63. The number of anilines is 1. The smallest absolute Gasteiger partial charge is 0.357 e. The largest absolute Gasteiger partial charge is 0.417 e. The van der Waals surface area contributed by atoms with Crippen LogP contribution in [0.1, 0.15) is 35.6 Å². The summed E-state index contributed by atoms with van der Waals surface area (Å²) in [5.41, 5.74) is -0.229. The first-order chi connectivity index (χ1) is 17.6. The number of hydrogen-bond acceptors (Lipinski definition) is 5. The molecular weight excluding hydrogens is 497 g/mol. The Morgan fingerprint density at radius 1 is 1.00 bits per heavy atom. The topological polar surface area (TPSA) is 77.1 Å². The maximum atomic E-state index is 15.0. The molecule has 1 aliphatic rings. The minimum absolute atomic E-state index is 0.0205. The van der Waals surface area contributed by atoms with E-state index < -0.39 is 28.3 Å². The summed E-state index contributed by atoms with van der Waals surface area (Å²) in [6.07, 6.45) is 0.788. The molecule has 0 spiro atoms. The van der Waals surface area contributed by atoms with Crippen LogP contribution in [0.4, 0.5) is 33.5 Å². The highest BCUT2D eigenvalue weighted by atomic mass is 19.4. The van der Waals surface area contributed by atoms with Gasteiger partial charge in [-0.05, 0) is 48.6 Å². The summed E-state index contributed by atoms with van der Waals surface area (Å²) >= 11 is 0. The molecule has 12 heteroatoms. The standard InChI is InChI=1S/C25H20F5N5O2/c26-20-10-17(15-3-6-33(7-4-15)23-2-1-18(13-32-23)25(28,29)30)12-31-22(20)14-34-8-5-16-9-19(35(36)37)11-21(27)24(16)34/h1-2,5,8-13,15H,3-4,6-7,14H2. The molecule has 37 heavy (non-hydrogen) atoms. The van der Waals surface area contributed by atoms with Crippen LogP contribution in [-0.2, 0) is 12.7 Å².